The highest BCUT2D eigenvalue weighted by atomic mass is 19.4. The zero-order valence-corrected chi connectivity index (χ0v) is 8.64. The van der Waals surface area contributed by atoms with Gasteiger partial charge in [0.2, 0.25) is 0 Å². The molecule has 0 aromatic carbocycles. The largest absolute Gasteiger partial charge is 0.395 e. The summed E-state index contributed by atoms with van der Waals surface area (Å²) in [5, 5.41) is 8.68. The minimum Gasteiger partial charge on any atom is -0.395 e. The maximum atomic E-state index is 11.8. The maximum absolute atomic E-state index is 11.8. The lowest BCUT2D eigenvalue weighted by atomic mass is 10.2. The van der Waals surface area contributed by atoms with Crippen molar-refractivity contribution in [2.45, 2.75) is 38.9 Å². The van der Waals surface area contributed by atoms with Gasteiger partial charge in [-0.05, 0) is 26.8 Å². The molecule has 0 aliphatic heterocycles. The third kappa shape index (κ3) is 7.15. The number of aliphatic hydroxyl groups is 1. The van der Waals surface area contributed by atoms with E-state index in [-0.39, 0.29) is 19.1 Å². The molecule has 0 fully saturated rings. The van der Waals surface area contributed by atoms with Crippen molar-refractivity contribution in [1.29, 1.82) is 0 Å². The molecule has 0 bridgehead atoms. The molecule has 86 valence electrons. The Morgan fingerprint density at radius 2 is 1.79 bits per heavy atom. The maximum Gasteiger partial charge on any atom is 0.389 e. The number of alkyl halides is 3. The van der Waals surface area contributed by atoms with Crippen molar-refractivity contribution in [3.8, 4) is 0 Å². The molecule has 0 aliphatic rings. The van der Waals surface area contributed by atoms with Crippen LogP contribution in [0.2, 0.25) is 0 Å². The van der Waals surface area contributed by atoms with Gasteiger partial charge < -0.3 is 5.11 Å². The molecule has 0 unspecified atom stereocenters. The van der Waals surface area contributed by atoms with Crippen LogP contribution < -0.4 is 0 Å². The predicted octanol–water partition coefficient (Wildman–Crippen LogP) is 2.03. The SMILES string of the molecule is CC(C)N(CCO)CCCC(F)(F)F. The smallest absolute Gasteiger partial charge is 0.389 e. The molecule has 0 amide bonds. The second-order valence-corrected chi connectivity index (χ2v) is 3.57. The van der Waals surface area contributed by atoms with Crippen molar-refractivity contribution < 1.29 is 18.3 Å². The third-order valence-electron chi connectivity index (χ3n) is 2.02. The van der Waals surface area contributed by atoms with Crippen LogP contribution in [0.5, 0.6) is 0 Å². The number of halogens is 3. The van der Waals surface area contributed by atoms with Gasteiger partial charge in [0.15, 0.2) is 0 Å². The summed E-state index contributed by atoms with van der Waals surface area (Å²) >= 11 is 0. The quantitative estimate of drug-likeness (QED) is 0.729. The molecule has 1 N–H and O–H groups in total. The van der Waals surface area contributed by atoms with Crippen molar-refractivity contribution in [3.63, 3.8) is 0 Å². The van der Waals surface area contributed by atoms with Crippen LogP contribution in [0, 0.1) is 0 Å². The van der Waals surface area contributed by atoms with Crippen LogP contribution in [0.3, 0.4) is 0 Å². The summed E-state index contributed by atoms with van der Waals surface area (Å²) in [6.45, 7) is 4.63. The molecule has 0 saturated carbocycles. The summed E-state index contributed by atoms with van der Waals surface area (Å²) in [6, 6.07) is 0.176. The van der Waals surface area contributed by atoms with Crippen LogP contribution in [0.4, 0.5) is 13.2 Å². The molecule has 0 spiro atoms. The Morgan fingerprint density at radius 1 is 1.21 bits per heavy atom. The first-order valence-electron chi connectivity index (χ1n) is 4.78. The zero-order chi connectivity index (χ0) is 11.2. The number of hydrogen-bond acceptors (Lipinski definition) is 2. The summed E-state index contributed by atoms with van der Waals surface area (Å²) in [4.78, 5) is 1.84. The van der Waals surface area contributed by atoms with Crippen molar-refractivity contribution >= 4 is 0 Å². The molecule has 0 aromatic rings. The van der Waals surface area contributed by atoms with E-state index in [2.05, 4.69) is 0 Å². The molecule has 14 heavy (non-hydrogen) atoms. The van der Waals surface area contributed by atoms with E-state index in [1.807, 2.05) is 18.7 Å². The Morgan fingerprint density at radius 3 is 2.14 bits per heavy atom. The van der Waals surface area contributed by atoms with Crippen LogP contribution in [0.1, 0.15) is 26.7 Å². The molecular weight excluding hydrogens is 195 g/mol. The van der Waals surface area contributed by atoms with Crippen LogP contribution in [0.25, 0.3) is 0 Å². The lowest BCUT2D eigenvalue weighted by Gasteiger charge is -2.25. The first kappa shape index (κ1) is 13.7. The number of aliphatic hydroxyl groups excluding tert-OH is 1. The summed E-state index contributed by atoms with van der Waals surface area (Å²) in [5.74, 6) is 0. The highest BCUT2D eigenvalue weighted by Gasteiger charge is 2.26. The Balaban J connectivity index is 3.72. The van der Waals surface area contributed by atoms with Crippen LogP contribution in [0.15, 0.2) is 0 Å². The Bertz CT molecular complexity index is 147. The fraction of sp³-hybridized carbons (Fsp3) is 1.00. The highest BCUT2D eigenvalue weighted by molar-refractivity contribution is 4.63. The van der Waals surface area contributed by atoms with Crippen LogP contribution in [-0.2, 0) is 0 Å². The molecule has 0 aliphatic carbocycles. The molecule has 5 heteroatoms. The topological polar surface area (TPSA) is 23.5 Å². The van der Waals surface area contributed by atoms with Gasteiger partial charge in [-0.2, -0.15) is 13.2 Å². The van der Waals surface area contributed by atoms with Gasteiger partial charge in [0.25, 0.3) is 0 Å². The van der Waals surface area contributed by atoms with Gasteiger partial charge in [0, 0.05) is 19.0 Å². The van der Waals surface area contributed by atoms with E-state index in [0.717, 1.165) is 0 Å². The van der Waals surface area contributed by atoms with Crippen LogP contribution in [-0.4, -0.2) is 41.9 Å². The van der Waals surface area contributed by atoms with E-state index in [0.29, 0.717) is 13.1 Å². The average molecular weight is 213 g/mol. The molecule has 0 heterocycles. The molecular formula is C9H18F3NO. The molecule has 0 atom stereocenters. The minimum atomic E-state index is -4.07. The summed E-state index contributed by atoms with van der Waals surface area (Å²) in [6.07, 6.45) is -4.72. The van der Waals surface area contributed by atoms with E-state index < -0.39 is 12.6 Å². The van der Waals surface area contributed by atoms with Gasteiger partial charge in [-0.15, -0.1) is 0 Å². The Kier molecular flexibility index (Phi) is 6.11. The number of nitrogens with zero attached hydrogens (tertiary/aromatic N) is 1. The van der Waals surface area contributed by atoms with E-state index >= 15 is 0 Å². The van der Waals surface area contributed by atoms with Gasteiger partial charge in [0.1, 0.15) is 0 Å². The van der Waals surface area contributed by atoms with Gasteiger partial charge in [-0.3, -0.25) is 4.90 Å². The van der Waals surface area contributed by atoms with E-state index in [1.54, 1.807) is 0 Å². The molecule has 0 aromatic heterocycles. The molecule has 0 rings (SSSR count). The lowest BCUT2D eigenvalue weighted by Crippen LogP contribution is -2.34. The van der Waals surface area contributed by atoms with Crippen molar-refractivity contribution in [2.24, 2.45) is 0 Å². The summed E-state index contributed by atoms with van der Waals surface area (Å²) in [5.41, 5.74) is 0. The van der Waals surface area contributed by atoms with E-state index in [4.69, 9.17) is 5.11 Å². The molecule has 0 radical (unpaired) electrons. The molecule has 0 saturated heterocycles. The van der Waals surface area contributed by atoms with E-state index in [1.165, 1.54) is 0 Å². The van der Waals surface area contributed by atoms with Crippen molar-refractivity contribution in [3.05, 3.63) is 0 Å². The molecule has 2 nitrogen and oxygen atoms in total. The lowest BCUT2D eigenvalue weighted by molar-refractivity contribution is -0.136. The average Bonchev–Trinajstić information content (AvgIpc) is 2.00. The van der Waals surface area contributed by atoms with Crippen molar-refractivity contribution in [2.75, 3.05) is 19.7 Å². The summed E-state index contributed by atoms with van der Waals surface area (Å²) < 4.78 is 35.5. The Labute approximate surface area is 82.7 Å². The van der Waals surface area contributed by atoms with Crippen LogP contribution >= 0.6 is 0 Å². The first-order valence-corrected chi connectivity index (χ1v) is 4.78. The van der Waals surface area contributed by atoms with E-state index in [9.17, 15) is 13.2 Å². The Hall–Kier alpha value is -0.290. The highest BCUT2D eigenvalue weighted by Crippen LogP contribution is 2.21. The fourth-order valence-corrected chi connectivity index (χ4v) is 1.24. The minimum absolute atomic E-state index is 0.00972. The van der Waals surface area contributed by atoms with Gasteiger partial charge in [0.05, 0.1) is 6.61 Å². The monoisotopic (exact) mass is 213 g/mol. The van der Waals surface area contributed by atoms with Gasteiger partial charge in [-0.1, -0.05) is 0 Å². The normalized spacial score (nSPS) is 12.9. The standard InChI is InChI=1S/C9H18F3NO/c1-8(2)13(6-7-14)5-3-4-9(10,11)12/h8,14H,3-7H2,1-2H3. The summed E-state index contributed by atoms with van der Waals surface area (Å²) in [7, 11) is 0. The second-order valence-electron chi connectivity index (χ2n) is 3.57. The first-order chi connectivity index (χ1) is 6.37. The third-order valence-corrected chi connectivity index (χ3v) is 2.02. The second kappa shape index (κ2) is 6.24. The zero-order valence-electron chi connectivity index (χ0n) is 8.64. The number of hydrogen-bond donors (Lipinski definition) is 1. The predicted molar refractivity (Wildman–Crippen MR) is 49.1 cm³/mol. The number of rotatable bonds is 6. The van der Waals surface area contributed by atoms with Crippen molar-refractivity contribution in [1.82, 2.24) is 4.90 Å². The van der Waals surface area contributed by atoms with Gasteiger partial charge in [-0.25, -0.2) is 0 Å². The van der Waals surface area contributed by atoms with Gasteiger partial charge >= 0.3 is 6.18 Å². The fourth-order valence-electron chi connectivity index (χ4n) is 1.24.